The van der Waals surface area contributed by atoms with Crippen molar-refractivity contribution < 1.29 is 14.0 Å². The summed E-state index contributed by atoms with van der Waals surface area (Å²) in [6.07, 6.45) is -0.423. The van der Waals surface area contributed by atoms with Gasteiger partial charge >= 0.3 is 6.09 Å². The van der Waals surface area contributed by atoms with Gasteiger partial charge in [0.2, 0.25) is 5.96 Å². The Morgan fingerprint density at radius 2 is 1.46 bits per heavy atom. The van der Waals surface area contributed by atoms with Crippen LogP contribution in [-0.4, -0.2) is 38.5 Å². The van der Waals surface area contributed by atoms with Crippen LogP contribution in [0.5, 0.6) is 0 Å². The van der Waals surface area contributed by atoms with Crippen LogP contribution in [0.1, 0.15) is 62.5 Å². The zero-order valence-electron chi connectivity index (χ0n) is 23.9. The van der Waals surface area contributed by atoms with Crippen LogP contribution >= 0.6 is 0 Å². The Morgan fingerprint density at radius 3 is 2.00 bits per heavy atom. The summed E-state index contributed by atoms with van der Waals surface area (Å²) in [7, 11) is -2.03. The van der Waals surface area contributed by atoms with E-state index in [0.717, 1.165) is 16.7 Å². The lowest BCUT2D eigenvalue weighted by Gasteiger charge is -2.38. The third-order valence-corrected chi connectivity index (χ3v) is 12.2. The Balaban J connectivity index is 1.75. The molecule has 0 aromatic heterocycles. The van der Waals surface area contributed by atoms with Crippen LogP contribution in [-0.2, 0) is 9.16 Å². The Bertz CT molecular complexity index is 1240. The zero-order chi connectivity index (χ0) is 28.0. The molecule has 1 amide bonds. The van der Waals surface area contributed by atoms with E-state index in [9.17, 15) is 4.79 Å². The molecule has 0 radical (unpaired) electrons. The fourth-order valence-electron chi connectivity index (χ4n) is 4.50. The quantitative estimate of drug-likeness (QED) is 0.296. The van der Waals surface area contributed by atoms with Gasteiger partial charge in [0.1, 0.15) is 6.04 Å². The lowest BCUT2D eigenvalue weighted by Crippen LogP contribution is -2.48. The highest BCUT2D eigenvalue weighted by molar-refractivity contribution is 6.74. The smallest absolute Gasteiger partial charge is 0.417 e. The van der Waals surface area contributed by atoms with Crippen LogP contribution in [0.2, 0.25) is 18.1 Å². The molecule has 0 saturated heterocycles. The van der Waals surface area contributed by atoms with Gasteiger partial charge < -0.3 is 14.5 Å². The van der Waals surface area contributed by atoms with E-state index in [4.69, 9.17) is 14.2 Å². The van der Waals surface area contributed by atoms with Crippen molar-refractivity contribution in [3.8, 4) is 0 Å². The van der Waals surface area contributed by atoms with Crippen molar-refractivity contribution in [2.24, 2.45) is 4.99 Å². The van der Waals surface area contributed by atoms with Gasteiger partial charge in [0.25, 0.3) is 0 Å². The SMILES string of the molecule is CCOC(=O)N1C(N[C@@H](CO[Si](C)(C)C(C)(C)C)c2ccccc2)=N[C@@H](c2ccccc2)[C@@H]1c1ccccc1. The Kier molecular flexibility index (Phi) is 8.93. The number of hydrogen-bond acceptors (Lipinski definition) is 5. The number of nitrogens with one attached hydrogen (secondary N) is 1. The lowest BCUT2D eigenvalue weighted by molar-refractivity contribution is 0.116. The predicted octanol–water partition coefficient (Wildman–Crippen LogP) is 7.65. The van der Waals surface area contributed by atoms with Gasteiger partial charge in [0.05, 0.1) is 25.3 Å². The summed E-state index contributed by atoms with van der Waals surface area (Å²) < 4.78 is 12.3. The van der Waals surface area contributed by atoms with Crippen LogP contribution < -0.4 is 5.32 Å². The van der Waals surface area contributed by atoms with Crippen molar-refractivity contribution in [2.45, 2.75) is 64.0 Å². The molecular weight excluding hydrogens is 502 g/mol. The third kappa shape index (κ3) is 6.60. The van der Waals surface area contributed by atoms with E-state index in [2.05, 4.69) is 63.4 Å². The van der Waals surface area contributed by atoms with Crippen molar-refractivity contribution in [2.75, 3.05) is 13.2 Å². The molecule has 1 aliphatic rings. The molecule has 4 rings (SSSR count). The average Bonchev–Trinajstić information content (AvgIpc) is 3.31. The molecular formula is C32H41N3O3Si. The van der Waals surface area contributed by atoms with Gasteiger partial charge in [-0.1, -0.05) is 112 Å². The topological polar surface area (TPSA) is 63.2 Å². The molecule has 39 heavy (non-hydrogen) atoms. The van der Waals surface area contributed by atoms with E-state index in [1.807, 2.05) is 73.7 Å². The largest absolute Gasteiger partial charge is 0.449 e. The van der Waals surface area contributed by atoms with E-state index < -0.39 is 14.4 Å². The number of nitrogens with zero attached hydrogens (tertiary/aromatic N) is 2. The number of rotatable bonds is 8. The lowest BCUT2D eigenvalue weighted by atomic mass is 9.94. The fraction of sp³-hybridized carbons (Fsp3) is 0.375. The summed E-state index contributed by atoms with van der Waals surface area (Å²) in [4.78, 5) is 20.4. The first-order valence-corrected chi connectivity index (χ1v) is 16.6. The molecule has 206 valence electrons. The van der Waals surface area contributed by atoms with Gasteiger partial charge in [-0.15, -0.1) is 0 Å². The van der Waals surface area contributed by atoms with Crippen molar-refractivity contribution in [3.05, 3.63) is 108 Å². The van der Waals surface area contributed by atoms with E-state index >= 15 is 0 Å². The molecule has 0 fully saturated rings. The monoisotopic (exact) mass is 543 g/mol. The van der Waals surface area contributed by atoms with Gasteiger partial charge in [-0.3, -0.25) is 0 Å². The maximum absolute atomic E-state index is 13.5. The number of benzene rings is 3. The van der Waals surface area contributed by atoms with Gasteiger partial charge in [-0.2, -0.15) is 0 Å². The first-order valence-electron chi connectivity index (χ1n) is 13.7. The van der Waals surface area contributed by atoms with Crippen molar-refractivity contribution in [3.63, 3.8) is 0 Å². The Morgan fingerprint density at radius 1 is 0.923 bits per heavy atom. The second-order valence-electron chi connectivity index (χ2n) is 11.4. The van der Waals surface area contributed by atoms with Gasteiger partial charge in [0.15, 0.2) is 8.32 Å². The van der Waals surface area contributed by atoms with Crippen LogP contribution in [0.15, 0.2) is 96.0 Å². The minimum absolute atomic E-state index is 0.0763. The molecule has 6 nitrogen and oxygen atoms in total. The molecule has 3 aromatic rings. The fourth-order valence-corrected chi connectivity index (χ4v) is 5.51. The van der Waals surface area contributed by atoms with E-state index in [0.29, 0.717) is 12.6 Å². The zero-order valence-corrected chi connectivity index (χ0v) is 24.9. The van der Waals surface area contributed by atoms with Crippen LogP contribution in [0.3, 0.4) is 0 Å². The summed E-state index contributed by atoms with van der Waals surface area (Å²) in [5.74, 6) is 0.490. The first-order chi connectivity index (χ1) is 18.6. The van der Waals surface area contributed by atoms with E-state index in [1.54, 1.807) is 4.90 Å². The Labute approximate surface area is 234 Å². The predicted molar refractivity (Wildman–Crippen MR) is 160 cm³/mol. The molecule has 0 saturated carbocycles. The summed E-state index contributed by atoms with van der Waals surface area (Å²) in [5.41, 5.74) is 3.10. The molecule has 0 unspecified atom stereocenters. The summed E-state index contributed by atoms with van der Waals surface area (Å²) in [6.45, 7) is 13.8. The van der Waals surface area contributed by atoms with Gasteiger partial charge in [-0.25, -0.2) is 14.7 Å². The van der Waals surface area contributed by atoms with Crippen LogP contribution in [0.25, 0.3) is 0 Å². The standard InChI is InChI=1S/C32H41N3O3Si/c1-7-37-31(36)35-29(26-21-15-10-16-22-26)28(25-19-13-9-14-20-25)34-30(35)33-27(24-17-11-8-12-18-24)23-38-39(5,6)32(2,3)4/h8-22,27-29H,7,23H2,1-6H3,(H,33,34)/t27-,28-,29-/m0/s1. The number of amides is 1. The molecule has 0 aliphatic carbocycles. The maximum atomic E-state index is 13.5. The van der Waals surface area contributed by atoms with Crippen LogP contribution in [0, 0.1) is 0 Å². The summed E-state index contributed by atoms with van der Waals surface area (Å²) in [5, 5.41) is 3.69. The third-order valence-electron chi connectivity index (χ3n) is 7.74. The molecule has 3 aromatic carbocycles. The molecule has 1 N–H and O–H groups in total. The van der Waals surface area contributed by atoms with E-state index in [-0.39, 0.29) is 29.8 Å². The highest BCUT2D eigenvalue weighted by atomic mass is 28.4. The highest BCUT2D eigenvalue weighted by Gasteiger charge is 2.44. The number of carbonyl (C=O) groups is 1. The van der Waals surface area contributed by atoms with Crippen LogP contribution in [0.4, 0.5) is 4.79 Å². The number of guanidine groups is 1. The second kappa shape index (κ2) is 12.2. The second-order valence-corrected chi connectivity index (χ2v) is 16.2. The van der Waals surface area contributed by atoms with E-state index in [1.165, 1.54) is 0 Å². The summed E-state index contributed by atoms with van der Waals surface area (Å²) in [6, 6.07) is 29.5. The first kappa shape index (κ1) is 28.6. The van der Waals surface area contributed by atoms with Gasteiger partial charge in [0, 0.05) is 0 Å². The number of hydrogen-bond donors (Lipinski definition) is 1. The van der Waals surface area contributed by atoms with Crippen molar-refractivity contribution in [1.29, 1.82) is 0 Å². The van der Waals surface area contributed by atoms with Crippen molar-refractivity contribution >= 4 is 20.4 Å². The molecule has 0 spiro atoms. The summed E-state index contributed by atoms with van der Waals surface area (Å²) >= 11 is 0. The number of carbonyl (C=O) groups excluding carboxylic acids is 1. The minimum atomic E-state index is -2.03. The number of ether oxygens (including phenoxy) is 1. The number of aliphatic imine (C=N–C) groups is 1. The normalized spacial score (nSPS) is 18.4. The molecule has 1 aliphatic heterocycles. The molecule has 0 bridgehead atoms. The van der Waals surface area contributed by atoms with Crippen molar-refractivity contribution in [1.82, 2.24) is 10.2 Å². The molecule has 1 heterocycles. The molecule has 7 heteroatoms. The van der Waals surface area contributed by atoms with Gasteiger partial charge in [-0.05, 0) is 41.7 Å². The Hall–Kier alpha value is -3.42. The maximum Gasteiger partial charge on any atom is 0.417 e. The minimum Gasteiger partial charge on any atom is -0.449 e. The average molecular weight is 544 g/mol. The highest BCUT2D eigenvalue weighted by Crippen LogP contribution is 2.43. The molecule has 3 atom stereocenters.